The maximum atomic E-state index is 12.4. The number of carbonyl (C=O) groups excluding carboxylic acids is 1. The second kappa shape index (κ2) is 9.73. The monoisotopic (exact) mass is 408 g/mol. The van der Waals surface area contributed by atoms with E-state index >= 15 is 0 Å². The zero-order valence-electron chi connectivity index (χ0n) is 17.0. The number of aromatic nitrogens is 2. The molecule has 7 heteroatoms. The molecule has 1 aromatic carbocycles. The van der Waals surface area contributed by atoms with Crippen LogP contribution >= 0.6 is 0 Å². The minimum Gasteiger partial charge on any atom is -0.462 e. The molecule has 3 heterocycles. The van der Waals surface area contributed by atoms with Crippen molar-refractivity contribution in [1.29, 1.82) is 0 Å². The molecule has 0 atom stereocenters. The van der Waals surface area contributed by atoms with E-state index in [1.54, 1.807) is 6.20 Å². The molecule has 0 saturated carbocycles. The molecule has 1 amide bonds. The van der Waals surface area contributed by atoms with Gasteiger partial charge in [0.05, 0.1) is 18.8 Å². The Morgan fingerprint density at radius 2 is 1.87 bits per heavy atom. The second-order valence-corrected chi connectivity index (χ2v) is 7.73. The topological polar surface area (TPSA) is 83.5 Å². The highest BCUT2D eigenvalue weighted by Gasteiger charge is 2.23. The zero-order valence-corrected chi connectivity index (χ0v) is 17.0. The van der Waals surface area contributed by atoms with Gasteiger partial charge in [0.15, 0.2) is 0 Å². The standard InChI is InChI=1S/C23H28N4O3/c28-17-21-8-7-20(30-21)16-26-14-11-19(12-15-26)27-22(10-13-24-27)25-23(29)9-6-18-4-2-1-3-5-18/h1-5,7-8,10,13,19,28H,6,9,11-12,14-17H2,(H,25,29). The third-order valence-corrected chi connectivity index (χ3v) is 5.58. The van der Waals surface area contributed by atoms with Crippen LogP contribution < -0.4 is 5.32 Å². The predicted octanol–water partition coefficient (Wildman–Crippen LogP) is 3.38. The van der Waals surface area contributed by atoms with Crippen LogP contribution in [0, 0.1) is 0 Å². The highest BCUT2D eigenvalue weighted by molar-refractivity contribution is 5.89. The van der Waals surface area contributed by atoms with Crippen LogP contribution in [0.4, 0.5) is 5.82 Å². The van der Waals surface area contributed by atoms with Gasteiger partial charge in [-0.2, -0.15) is 5.10 Å². The first-order valence-electron chi connectivity index (χ1n) is 10.5. The van der Waals surface area contributed by atoms with Gasteiger partial charge in [-0.1, -0.05) is 30.3 Å². The summed E-state index contributed by atoms with van der Waals surface area (Å²) in [6, 6.07) is 15.9. The van der Waals surface area contributed by atoms with Crippen molar-refractivity contribution >= 4 is 11.7 Å². The highest BCUT2D eigenvalue weighted by atomic mass is 16.4. The van der Waals surface area contributed by atoms with Crippen LogP contribution in [0.2, 0.25) is 0 Å². The molecular weight excluding hydrogens is 380 g/mol. The maximum Gasteiger partial charge on any atom is 0.225 e. The molecule has 0 unspecified atom stereocenters. The van der Waals surface area contributed by atoms with Gasteiger partial charge in [0.1, 0.15) is 23.9 Å². The van der Waals surface area contributed by atoms with Crippen LogP contribution in [-0.4, -0.2) is 38.8 Å². The molecule has 2 aromatic heterocycles. The summed E-state index contributed by atoms with van der Waals surface area (Å²) in [5.74, 6) is 2.26. The normalized spacial score (nSPS) is 15.4. The van der Waals surface area contributed by atoms with E-state index < -0.39 is 0 Å². The van der Waals surface area contributed by atoms with Gasteiger partial charge in [-0.3, -0.25) is 9.69 Å². The molecule has 1 aliphatic rings. The van der Waals surface area contributed by atoms with Gasteiger partial charge in [-0.15, -0.1) is 0 Å². The summed E-state index contributed by atoms with van der Waals surface area (Å²) >= 11 is 0. The van der Waals surface area contributed by atoms with E-state index in [0.29, 0.717) is 12.2 Å². The zero-order chi connectivity index (χ0) is 20.8. The summed E-state index contributed by atoms with van der Waals surface area (Å²) in [7, 11) is 0. The van der Waals surface area contributed by atoms with E-state index in [9.17, 15) is 4.79 Å². The predicted molar refractivity (Wildman–Crippen MR) is 114 cm³/mol. The van der Waals surface area contributed by atoms with Crippen molar-refractivity contribution in [1.82, 2.24) is 14.7 Å². The first-order chi connectivity index (χ1) is 14.7. The molecule has 0 bridgehead atoms. The molecule has 158 valence electrons. The van der Waals surface area contributed by atoms with Crippen molar-refractivity contribution in [2.45, 2.75) is 44.9 Å². The number of amides is 1. The highest BCUT2D eigenvalue weighted by Crippen LogP contribution is 2.26. The Kier molecular flexibility index (Phi) is 6.61. The number of furan rings is 1. The number of hydrogen-bond acceptors (Lipinski definition) is 5. The number of piperidine rings is 1. The number of nitrogens with one attached hydrogen (secondary N) is 1. The van der Waals surface area contributed by atoms with Gasteiger partial charge >= 0.3 is 0 Å². The number of anilines is 1. The van der Waals surface area contributed by atoms with Crippen LogP contribution in [0.3, 0.4) is 0 Å². The lowest BCUT2D eigenvalue weighted by atomic mass is 10.1. The molecule has 2 N–H and O–H groups in total. The first kappa shape index (κ1) is 20.4. The van der Waals surface area contributed by atoms with Gasteiger partial charge in [-0.05, 0) is 37.0 Å². The fraction of sp³-hybridized carbons (Fsp3) is 0.391. The Labute approximate surface area is 176 Å². The summed E-state index contributed by atoms with van der Waals surface area (Å²) in [5.41, 5.74) is 1.16. The van der Waals surface area contributed by atoms with Crippen molar-refractivity contribution < 1.29 is 14.3 Å². The van der Waals surface area contributed by atoms with Crippen LogP contribution in [0.5, 0.6) is 0 Å². The Balaban J connectivity index is 1.27. The summed E-state index contributed by atoms with van der Waals surface area (Å²) in [6.45, 7) is 2.54. The van der Waals surface area contributed by atoms with Gasteiger partial charge < -0.3 is 14.8 Å². The number of aliphatic hydroxyl groups excluding tert-OH is 1. The smallest absolute Gasteiger partial charge is 0.225 e. The lowest BCUT2D eigenvalue weighted by Gasteiger charge is -2.32. The molecule has 0 aliphatic carbocycles. The Morgan fingerprint density at radius 3 is 2.60 bits per heavy atom. The van der Waals surface area contributed by atoms with Gasteiger partial charge in [0.2, 0.25) is 5.91 Å². The molecule has 0 spiro atoms. The minimum atomic E-state index is -0.0682. The maximum absolute atomic E-state index is 12.4. The van der Waals surface area contributed by atoms with E-state index in [2.05, 4.69) is 15.3 Å². The number of carbonyl (C=O) groups is 1. The van der Waals surface area contributed by atoms with E-state index in [4.69, 9.17) is 9.52 Å². The number of likely N-dealkylation sites (tertiary alicyclic amines) is 1. The summed E-state index contributed by atoms with van der Waals surface area (Å²) in [5, 5.41) is 16.6. The average Bonchev–Trinajstić information content (AvgIpc) is 3.43. The average molecular weight is 409 g/mol. The third kappa shape index (κ3) is 5.17. The summed E-state index contributed by atoms with van der Waals surface area (Å²) in [4.78, 5) is 14.8. The second-order valence-electron chi connectivity index (χ2n) is 7.73. The number of benzene rings is 1. The van der Waals surface area contributed by atoms with Crippen molar-refractivity contribution in [3.8, 4) is 0 Å². The van der Waals surface area contributed by atoms with Crippen molar-refractivity contribution in [2.75, 3.05) is 18.4 Å². The molecule has 7 nitrogen and oxygen atoms in total. The fourth-order valence-corrected chi connectivity index (χ4v) is 3.95. The van der Waals surface area contributed by atoms with Crippen LogP contribution in [0.15, 0.2) is 59.1 Å². The number of rotatable bonds is 8. The Morgan fingerprint density at radius 1 is 1.10 bits per heavy atom. The lowest BCUT2D eigenvalue weighted by molar-refractivity contribution is -0.116. The quantitative estimate of drug-likeness (QED) is 0.597. The van der Waals surface area contributed by atoms with Crippen LogP contribution in [0.25, 0.3) is 0 Å². The number of nitrogens with zero attached hydrogens (tertiary/aromatic N) is 3. The van der Waals surface area contributed by atoms with E-state index in [1.165, 1.54) is 0 Å². The van der Waals surface area contributed by atoms with Gasteiger partial charge in [0, 0.05) is 25.6 Å². The molecule has 30 heavy (non-hydrogen) atoms. The van der Waals surface area contributed by atoms with Crippen LogP contribution in [0.1, 0.15) is 42.4 Å². The van der Waals surface area contributed by atoms with Gasteiger partial charge in [-0.25, -0.2) is 4.68 Å². The van der Waals surface area contributed by atoms with Crippen molar-refractivity contribution in [2.24, 2.45) is 0 Å². The number of hydrogen-bond donors (Lipinski definition) is 2. The number of aryl methyl sites for hydroxylation is 1. The molecule has 1 aliphatic heterocycles. The van der Waals surface area contributed by atoms with Crippen molar-refractivity contribution in [3.05, 3.63) is 71.8 Å². The largest absolute Gasteiger partial charge is 0.462 e. The van der Waals surface area contributed by atoms with Crippen molar-refractivity contribution in [3.63, 3.8) is 0 Å². The Bertz CT molecular complexity index is 942. The van der Waals surface area contributed by atoms with E-state index in [-0.39, 0.29) is 18.6 Å². The third-order valence-electron chi connectivity index (χ3n) is 5.58. The molecule has 1 fully saturated rings. The minimum absolute atomic E-state index is 0.00976. The molecule has 3 aromatic rings. The fourth-order valence-electron chi connectivity index (χ4n) is 3.95. The lowest BCUT2D eigenvalue weighted by Crippen LogP contribution is -2.34. The van der Waals surface area contributed by atoms with E-state index in [1.807, 2.05) is 53.2 Å². The first-order valence-corrected chi connectivity index (χ1v) is 10.5. The van der Waals surface area contributed by atoms with Crippen LogP contribution in [-0.2, 0) is 24.4 Å². The van der Waals surface area contributed by atoms with E-state index in [0.717, 1.165) is 56.0 Å². The molecule has 4 rings (SSSR count). The molecular formula is C23H28N4O3. The molecule has 0 radical (unpaired) electrons. The summed E-state index contributed by atoms with van der Waals surface area (Å²) in [6.07, 6.45) is 4.85. The number of aliphatic hydroxyl groups is 1. The Hall–Kier alpha value is -2.90. The van der Waals surface area contributed by atoms with Gasteiger partial charge in [0.25, 0.3) is 0 Å². The SMILES string of the molecule is O=C(CCc1ccccc1)Nc1ccnn1C1CCN(Cc2ccc(CO)o2)CC1. The molecule has 1 saturated heterocycles. The summed E-state index contributed by atoms with van der Waals surface area (Å²) < 4.78 is 7.55.